The molecular formula is C18H26ClN3OS. The number of halogens is 1. The van der Waals surface area contributed by atoms with E-state index in [1.165, 1.54) is 12.0 Å². The van der Waals surface area contributed by atoms with Gasteiger partial charge in [-0.1, -0.05) is 23.7 Å². The van der Waals surface area contributed by atoms with Crippen molar-refractivity contribution in [3.8, 4) is 0 Å². The molecule has 0 unspecified atom stereocenters. The third kappa shape index (κ3) is 5.59. The molecule has 132 valence electrons. The summed E-state index contributed by atoms with van der Waals surface area (Å²) < 4.78 is 5.61. The summed E-state index contributed by atoms with van der Waals surface area (Å²) in [7, 11) is 0. The number of benzene rings is 1. The molecule has 3 rings (SSSR count). The summed E-state index contributed by atoms with van der Waals surface area (Å²) in [5, 5.41) is 8.32. The van der Waals surface area contributed by atoms with Crippen LogP contribution in [0.1, 0.15) is 31.2 Å². The Labute approximate surface area is 154 Å². The number of thiocarbonyl (C=S) groups is 1. The summed E-state index contributed by atoms with van der Waals surface area (Å²) in [4.78, 5) is 2.49. The fourth-order valence-corrected chi connectivity index (χ4v) is 3.71. The second-order valence-corrected chi connectivity index (χ2v) is 7.51. The first kappa shape index (κ1) is 17.9. The number of rotatable bonds is 5. The van der Waals surface area contributed by atoms with Crippen molar-refractivity contribution in [1.29, 1.82) is 0 Å². The molecule has 2 heterocycles. The smallest absolute Gasteiger partial charge is 0.166 e. The van der Waals surface area contributed by atoms with Crippen LogP contribution in [0, 0.1) is 0 Å². The molecule has 0 aliphatic carbocycles. The lowest BCUT2D eigenvalue weighted by atomic mass is 10.0. The molecule has 0 amide bonds. The third-order valence-corrected chi connectivity index (χ3v) is 5.27. The zero-order chi connectivity index (χ0) is 16.8. The van der Waals surface area contributed by atoms with Crippen molar-refractivity contribution in [2.24, 2.45) is 0 Å². The van der Waals surface area contributed by atoms with Crippen molar-refractivity contribution in [1.82, 2.24) is 15.5 Å². The summed E-state index contributed by atoms with van der Waals surface area (Å²) in [6.07, 6.45) is 4.87. The largest absolute Gasteiger partial charge is 0.376 e. The minimum Gasteiger partial charge on any atom is -0.376 e. The predicted molar refractivity (Wildman–Crippen MR) is 102 cm³/mol. The van der Waals surface area contributed by atoms with E-state index in [0.717, 1.165) is 62.2 Å². The van der Waals surface area contributed by atoms with Crippen LogP contribution in [0.2, 0.25) is 5.02 Å². The lowest BCUT2D eigenvalue weighted by molar-refractivity contribution is 0.114. The first-order valence-electron chi connectivity index (χ1n) is 8.82. The van der Waals surface area contributed by atoms with Gasteiger partial charge in [0, 0.05) is 43.9 Å². The average molecular weight is 368 g/mol. The van der Waals surface area contributed by atoms with Gasteiger partial charge >= 0.3 is 0 Å². The highest BCUT2D eigenvalue weighted by Gasteiger charge is 2.20. The van der Waals surface area contributed by atoms with Gasteiger partial charge in [0.1, 0.15) is 0 Å². The molecule has 2 N–H and O–H groups in total. The van der Waals surface area contributed by atoms with Crippen LogP contribution in [-0.2, 0) is 11.3 Å². The summed E-state index contributed by atoms with van der Waals surface area (Å²) >= 11 is 11.4. The highest BCUT2D eigenvalue weighted by atomic mass is 35.5. The molecule has 1 atom stereocenters. The van der Waals surface area contributed by atoms with E-state index in [9.17, 15) is 0 Å². The van der Waals surface area contributed by atoms with E-state index in [0.29, 0.717) is 12.1 Å². The lowest BCUT2D eigenvalue weighted by Gasteiger charge is -2.33. The third-order valence-electron chi connectivity index (χ3n) is 4.76. The number of hydrogen-bond acceptors (Lipinski definition) is 3. The van der Waals surface area contributed by atoms with Gasteiger partial charge in [-0.25, -0.2) is 0 Å². The van der Waals surface area contributed by atoms with Gasteiger partial charge < -0.3 is 15.4 Å². The van der Waals surface area contributed by atoms with E-state index in [4.69, 9.17) is 28.6 Å². The second-order valence-electron chi connectivity index (χ2n) is 6.67. The maximum absolute atomic E-state index is 5.94. The molecule has 2 aliphatic rings. The van der Waals surface area contributed by atoms with Crippen LogP contribution in [0.3, 0.4) is 0 Å². The number of nitrogens with one attached hydrogen (secondary N) is 2. The van der Waals surface area contributed by atoms with Crippen LogP contribution in [0.25, 0.3) is 0 Å². The second kappa shape index (κ2) is 8.99. The van der Waals surface area contributed by atoms with Crippen molar-refractivity contribution in [3.63, 3.8) is 0 Å². The van der Waals surface area contributed by atoms with Gasteiger partial charge in [-0.15, -0.1) is 0 Å². The highest BCUT2D eigenvalue weighted by molar-refractivity contribution is 7.80. The van der Waals surface area contributed by atoms with Crippen LogP contribution in [0.4, 0.5) is 0 Å². The van der Waals surface area contributed by atoms with Crippen molar-refractivity contribution >= 4 is 28.9 Å². The molecule has 2 aliphatic heterocycles. The Balaban J connectivity index is 1.34. The van der Waals surface area contributed by atoms with Crippen LogP contribution in [0.5, 0.6) is 0 Å². The maximum atomic E-state index is 5.94. The number of ether oxygens (including phenoxy) is 1. The maximum Gasteiger partial charge on any atom is 0.166 e. The molecular weight excluding hydrogens is 342 g/mol. The van der Waals surface area contributed by atoms with Crippen molar-refractivity contribution in [2.75, 3.05) is 26.2 Å². The summed E-state index contributed by atoms with van der Waals surface area (Å²) in [6, 6.07) is 8.61. The van der Waals surface area contributed by atoms with Crippen LogP contribution in [-0.4, -0.2) is 48.4 Å². The average Bonchev–Trinajstić information content (AvgIpc) is 3.10. The predicted octanol–water partition coefficient (Wildman–Crippen LogP) is 2.95. The van der Waals surface area contributed by atoms with E-state index in [-0.39, 0.29) is 0 Å². The van der Waals surface area contributed by atoms with E-state index >= 15 is 0 Å². The highest BCUT2D eigenvalue weighted by Crippen LogP contribution is 2.16. The monoisotopic (exact) mass is 367 g/mol. The lowest BCUT2D eigenvalue weighted by Crippen LogP contribution is -2.48. The molecule has 6 heteroatoms. The fraction of sp³-hybridized carbons (Fsp3) is 0.611. The topological polar surface area (TPSA) is 36.5 Å². The molecule has 4 nitrogen and oxygen atoms in total. The number of hydrogen-bond donors (Lipinski definition) is 2. The summed E-state index contributed by atoms with van der Waals surface area (Å²) in [5.41, 5.74) is 1.32. The van der Waals surface area contributed by atoms with E-state index in [2.05, 4.69) is 27.7 Å². The van der Waals surface area contributed by atoms with E-state index < -0.39 is 0 Å². The first-order valence-corrected chi connectivity index (χ1v) is 9.60. The Morgan fingerprint density at radius 1 is 1.21 bits per heavy atom. The molecule has 0 saturated carbocycles. The minimum atomic E-state index is 0.325. The summed E-state index contributed by atoms with van der Waals surface area (Å²) in [6.45, 7) is 4.88. The van der Waals surface area contributed by atoms with Crippen molar-refractivity contribution in [3.05, 3.63) is 34.9 Å². The van der Waals surface area contributed by atoms with Gasteiger partial charge in [-0.05, 0) is 55.6 Å². The number of nitrogens with zero attached hydrogens (tertiary/aromatic N) is 1. The van der Waals surface area contributed by atoms with Crippen LogP contribution in [0.15, 0.2) is 24.3 Å². The standard InChI is InChI=1S/C18H26ClN3OS/c19-15-5-3-14(4-6-15)13-22-9-7-16(8-10-22)21-18(24)20-12-17-2-1-11-23-17/h3-6,16-17H,1-2,7-13H2,(H2,20,21,24)/t17-/m1/s1. The Morgan fingerprint density at radius 2 is 1.96 bits per heavy atom. The SMILES string of the molecule is S=C(NC[C@H]1CCCO1)NC1CCN(Cc2ccc(Cl)cc2)CC1. The van der Waals surface area contributed by atoms with E-state index in [1.54, 1.807) is 0 Å². The zero-order valence-corrected chi connectivity index (χ0v) is 15.5. The number of piperidine rings is 1. The molecule has 0 radical (unpaired) electrons. The van der Waals surface area contributed by atoms with E-state index in [1.807, 2.05) is 12.1 Å². The molecule has 2 saturated heterocycles. The Kier molecular flexibility index (Phi) is 6.72. The molecule has 0 bridgehead atoms. The first-order chi connectivity index (χ1) is 11.7. The van der Waals surface area contributed by atoms with Gasteiger partial charge in [0.05, 0.1) is 6.10 Å². The van der Waals surface area contributed by atoms with Gasteiger partial charge in [-0.3, -0.25) is 4.90 Å². The zero-order valence-electron chi connectivity index (χ0n) is 14.0. The normalized spacial score (nSPS) is 22.5. The quantitative estimate of drug-likeness (QED) is 0.782. The molecule has 0 spiro atoms. The van der Waals surface area contributed by atoms with Gasteiger partial charge in [0.15, 0.2) is 5.11 Å². The Morgan fingerprint density at radius 3 is 2.62 bits per heavy atom. The summed E-state index contributed by atoms with van der Waals surface area (Å²) in [5.74, 6) is 0. The number of likely N-dealkylation sites (tertiary alicyclic amines) is 1. The van der Waals surface area contributed by atoms with Gasteiger partial charge in [0.2, 0.25) is 0 Å². The van der Waals surface area contributed by atoms with Gasteiger partial charge in [-0.2, -0.15) is 0 Å². The van der Waals surface area contributed by atoms with Gasteiger partial charge in [0.25, 0.3) is 0 Å². The fourth-order valence-electron chi connectivity index (χ4n) is 3.33. The Bertz CT molecular complexity index is 526. The van der Waals surface area contributed by atoms with Crippen molar-refractivity contribution in [2.45, 2.75) is 44.4 Å². The molecule has 1 aromatic rings. The molecule has 0 aromatic heterocycles. The van der Waals surface area contributed by atoms with Crippen molar-refractivity contribution < 1.29 is 4.74 Å². The molecule has 1 aromatic carbocycles. The molecule has 24 heavy (non-hydrogen) atoms. The van der Waals surface area contributed by atoms with Crippen LogP contribution >= 0.6 is 23.8 Å². The molecule has 2 fully saturated rings. The van der Waals surface area contributed by atoms with Crippen LogP contribution < -0.4 is 10.6 Å². The Hall–Kier alpha value is -0.880. The minimum absolute atomic E-state index is 0.325.